The number of nitrogen functional groups attached to an aromatic ring is 1. The predicted octanol–water partition coefficient (Wildman–Crippen LogP) is 1.75. The Balaban J connectivity index is 3.35. The van der Waals surface area contributed by atoms with E-state index in [2.05, 4.69) is 13.8 Å². The van der Waals surface area contributed by atoms with Crippen LogP contribution in [0.5, 0.6) is 0 Å². The SMILES string of the molecule is CCC(C)N(C)c1cccc(S(=O)(=O)N(C)C)c1N. The predicted molar refractivity (Wildman–Crippen MR) is 79.9 cm³/mol. The first-order valence-corrected chi connectivity index (χ1v) is 7.71. The lowest BCUT2D eigenvalue weighted by Crippen LogP contribution is -2.30. The third kappa shape index (κ3) is 3.01. The summed E-state index contributed by atoms with van der Waals surface area (Å²) >= 11 is 0. The molecule has 1 aromatic carbocycles. The quantitative estimate of drug-likeness (QED) is 0.837. The molecule has 0 aliphatic carbocycles. The van der Waals surface area contributed by atoms with Crippen LogP contribution >= 0.6 is 0 Å². The van der Waals surface area contributed by atoms with Crippen molar-refractivity contribution in [2.75, 3.05) is 31.8 Å². The van der Waals surface area contributed by atoms with Crippen LogP contribution < -0.4 is 10.6 Å². The topological polar surface area (TPSA) is 66.6 Å². The molecule has 0 radical (unpaired) electrons. The molecule has 1 aromatic rings. The molecule has 0 heterocycles. The summed E-state index contributed by atoms with van der Waals surface area (Å²) in [5.74, 6) is 0. The molecule has 0 bridgehead atoms. The molecular weight excluding hydrogens is 262 g/mol. The van der Waals surface area contributed by atoms with E-state index in [-0.39, 0.29) is 4.90 Å². The van der Waals surface area contributed by atoms with Crippen molar-refractivity contribution in [1.29, 1.82) is 0 Å². The number of para-hydroxylation sites is 1. The fourth-order valence-corrected chi connectivity index (χ4v) is 2.80. The molecule has 0 saturated carbocycles. The zero-order valence-corrected chi connectivity index (χ0v) is 13.0. The molecule has 108 valence electrons. The zero-order valence-electron chi connectivity index (χ0n) is 12.2. The lowest BCUT2D eigenvalue weighted by atomic mass is 10.2. The summed E-state index contributed by atoms with van der Waals surface area (Å²) in [4.78, 5) is 2.16. The second-order valence-electron chi connectivity index (χ2n) is 4.84. The number of hydrogen-bond donors (Lipinski definition) is 1. The molecule has 0 aliphatic heterocycles. The Bertz CT molecular complexity index is 541. The Morgan fingerprint density at radius 1 is 1.26 bits per heavy atom. The maximum Gasteiger partial charge on any atom is 0.244 e. The average molecular weight is 285 g/mol. The van der Waals surface area contributed by atoms with Gasteiger partial charge in [0.05, 0.1) is 11.4 Å². The Hall–Kier alpha value is -1.27. The molecule has 1 atom stereocenters. The monoisotopic (exact) mass is 285 g/mol. The van der Waals surface area contributed by atoms with E-state index in [0.29, 0.717) is 11.7 Å². The normalized spacial score (nSPS) is 13.6. The van der Waals surface area contributed by atoms with Crippen molar-refractivity contribution in [2.45, 2.75) is 31.2 Å². The van der Waals surface area contributed by atoms with Crippen molar-refractivity contribution in [1.82, 2.24) is 4.31 Å². The zero-order chi connectivity index (χ0) is 14.8. The molecule has 0 saturated heterocycles. The van der Waals surface area contributed by atoms with Gasteiger partial charge in [-0.05, 0) is 25.5 Å². The maximum absolute atomic E-state index is 12.2. The van der Waals surface area contributed by atoms with Gasteiger partial charge in [-0.2, -0.15) is 0 Å². The maximum atomic E-state index is 12.2. The van der Waals surface area contributed by atoms with Gasteiger partial charge in [0.15, 0.2) is 0 Å². The summed E-state index contributed by atoms with van der Waals surface area (Å²) in [5.41, 5.74) is 7.11. The molecule has 0 aliphatic rings. The largest absolute Gasteiger partial charge is 0.396 e. The van der Waals surface area contributed by atoms with Crippen molar-refractivity contribution >= 4 is 21.4 Å². The van der Waals surface area contributed by atoms with Gasteiger partial charge in [0, 0.05) is 27.2 Å². The summed E-state index contributed by atoms with van der Waals surface area (Å²) in [5, 5.41) is 0. The van der Waals surface area contributed by atoms with Crippen LogP contribution in [-0.4, -0.2) is 39.9 Å². The highest BCUT2D eigenvalue weighted by Gasteiger charge is 2.23. The molecule has 0 amide bonds. The van der Waals surface area contributed by atoms with Gasteiger partial charge in [-0.25, -0.2) is 12.7 Å². The summed E-state index contributed by atoms with van der Waals surface area (Å²) in [6.45, 7) is 4.16. The first-order chi connectivity index (χ1) is 8.73. The molecule has 0 spiro atoms. The Labute approximate surface area is 116 Å². The fourth-order valence-electron chi connectivity index (χ4n) is 1.77. The standard InChI is InChI=1S/C13H23N3O2S/c1-6-10(2)16(5)11-8-7-9-12(13(11)14)19(17,18)15(3)4/h7-10H,6,14H2,1-5H3. The molecule has 6 heteroatoms. The third-order valence-corrected chi connectivity index (χ3v) is 5.31. The van der Waals surface area contributed by atoms with E-state index in [1.165, 1.54) is 18.4 Å². The smallest absolute Gasteiger partial charge is 0.244 e. The third-order valence-electron chi connectivity index (χ3n) is 3.43. The minimum atomic E-state index is -3.51. The molecule has 1 unspecified atom stereocenters. The van der Waals surface area contributed by atoms with Gasteiger partial charge in [-0.15, -0.1) is 0 Å². The van der Waals surface area contributed by atoms with Gasteiger partial charge in [0.1, 0.15) is 4.90 Å². The van der Waals surface area contributed by atoms with E-state index < -0.39 is 10.0 Å². The van der Waals surface area contributed by atoms with Crippen LogP contribution in [0.3, 0.4) is 0 Å². The van der Waals surface area contributed by atoms with Gasteiger partial charge in [-0.3, -0.25) is 0 Å². The van der Waals surface area contributed by atoms with Crippen LogP contribution in [0.25, 0.3) is 0 Å². The number of nitrogens with zero attached hydrogens (tertiary/aromatic N) is 2. The molecule has 0 fully saturated rings. The summed E-state index contributed by atoms with van der Waals surface area (Å²) < 4.78 is 25.6. The number of benzene rings is 1. The molecule has 0 aromatic heterocycles. The summed E-state index contributed by atoms with van der Waals surface area (Å²) in [6.07, 6.45) is 0.959. The molecule has 1 rings (SSSR count). The highest BCUT2D eigenvalue weighted by atomic mass is 32.2. The average Bonchev–Trinajstić information content (AvgIpc) is 2.36. The van der Waals surface area contributed by atoms with Gasteiger partial charge in [-0.1, -0.05) is 13.0 Å². The van der Waals surface area contributed by atoms with Crippen molar-refractivity contribution in [2.24, 2.45) is 0 Å². The highest BCUT2D eigenvalue weighted by Crippen LogP contribution is 2.31. The second-order valence-corrected chi connectivity index (χ2v) is 6.96. The Morgan fingerprint density at radius 2 is 1.84 bits per heavy atom. The van der Waals surface area contributed by atoms with Crippen LogP contribution in [0, 0.1) is 0 Å². The number of anilines is 2. The van der Waals surface area contributed by atoms with E-state index in [1.54, 1.807) is 12.1 Å². The highest BCUT2D eigenvalue weighted by molar-refractivity contribution is 7.89. The lowest BCUT2D eigenvalue weighted by molar-refractivity contribution is 0.521. The molecule has 2 N–H and O–H groups in total. The first-order valence-electron chi connectivity index (χ1n) is 6.27. The number of rotatable bonds is 5. The minimum Gasteiger partial charge on any atom is -0.396 e. The number of nitrogens with two attached hydrogens (primary N) is 1. The van der Waals surface area contributed by atoms with Crippen LogP contribution in [0.4, 0.5) is 11.4 Å². The van der Waals surface area contributed by atoms with E-state index in [1.807, 2.05) is 18.0 Å². The van der Waals surface area contributed by atoms with Crippen molar-refractivity contribution in [3.8, 4) is 0 Å². The van der Waals surface area contributed by atoms with Gasteiger partial charge in [0.2, 0.25) is 10.0 Å². The fraction of sp³-hybridized carbons (Fsp3) is 0.538. The summed E-state index contributed by atoms with van der Waals surface area (Å²) in [6, 6.07) is 5.40. The van der Waals surface area contributed by atoms with Crippen LogP contribution in [0.15, 0.2) is 23.1 Å². The van der Waals surface area contributed by atoms with Gasteiger partial charge >= 0.3 is 0 Å². The first kappa shape index (κ1) is 15.8. The van der Waals surface area contributed by atoms with Crippen LogP contribution in [0.2, 0.25) is 0 Å². The Kier molecular flexibility index (Phi) is 4.81. The van der Waals surface area contributed by atoms with Gasteiger partial charge in [0.25, 0.3) is 0 Å². The van der Waals surface area contributed by atoms with E-state index in [9.17, 15) is 8.42 Å². The molecule has 5 nitrogen and oxygen atoms in total. The lowest BCUT2D eigenvalue weighted by Gasteiger charge is -2.28. The molecule has 19 heavy (non-hydrogen) atoms. The molecular formula is C13H23N3O2S. The summed E-state index contributed by atoms with van der Waals surface area (Å²) in [7, 11) is 1.41. The second kappa shape index (κ2) is 5.79. The Morgan fingerprint density at radius 3 is 2.32 bits per heavy atom. The number of sulfonamides is 1. The van der Waals surface area contributed by atoms with E-state index in [4.69, 9.17) is 5.73 Å². The van der Waals surface area contributed by atoms with Crippen LogP contribution in [0.1, 0.15) is 20.3 Å². The number of hydrogen-bond acceptors (Lipinski definition) is 4. The van der Waals surface area contributed by atoms with Crippen LogP contribution in [-0.2, 0) is 10.0 Å². The van der Waals surface area contributed by atoms with E-state index in [0.717, 1.165) is 12.1 Å². The van der Waals surface area contributed by atoms with Crippen molar-refractivity contribution in [3.05, 3.63) is 18.2 Å². The van der Waals surface area contributed by atoms with E-state index >= 15 is 0 Å². The van der Waals surface area contributed by atoms with Crippen molar-refractivity contribution < 1.29 is 8.42 Å². The van der Waals surface area contributed by atoms with Gasteiger partial charge < -0.3 is 10.6 Å². The van der Waals surface area contributed by atoms with Crippen molar-refractivity contribution in [3.63, 3.8) is 0 Å². The minimum absolute atomic E-state index is 0.158.